The Morgan fingerprint density at radius 3 is 2.50 bits per heavy atom. The van der Waals surface area contributed by atoms with Gasteiger partial charge in [0.2, 0.25) is 0 Å². The average Bonchev–Trinajstić information content (AvgIpc) is 2.47. The summed E-state index contributed by atoms with van der Waals surface area (Å²) in [4.78, 5) is 34.1. The van der Waals surface area contributed by atoms with Crippen molar-refractivity contribution in [3.8, 4) is 0 Å². The number of hydrogen-bond donors (Lipinski definition) is 2. The van der Waals surface area contributed by atoms with Crippen LogP contribution in [0.3, 0.4) is 0 Å². The van der Waals surface area contributed by atoms with Gasteiger partial charge in [-0.3, -0.25) is 14.9 Å². The predicted octanol–water partition coefficient (Wildman–Crippen LogP) is 1.98. The summed E-state index contributed by atoms with van der Waals surface area (Å²) in [7, 11) is 0. The van der Waals surface area contributed by atoms with Crippen LogP contribution < -0.4 is 5.32 Å². The van der Waals surface area contributed by atoms with Gasteiger partial charge in [0.05, 0.1) is 4.92 Å². The fourth-order valence-corrected chi connectivity index (χ4v) is 3.59. The smallest absolute Gasteiger partial charge is 0.329 e. The second kappa shape index (κ2) is 6.35. The first-order chi connectivity index (χ1) is 10.4. The number of hydrogen-bond acceptors (Lipinski definition) is 5. The molecule has 0 saturated carbocycles. The van der Waals surface area contributed by atoms with E-state index in [2.05, 4.69) is 5.32 Å². The van der Waals surface area contributed by atoms with E-state index in [0.717, 1.165) is 0 Å². The molecule has 0 atom stereocenters. The summed E-state index contributed by atoms with van der Waals surface area (Å²) in [6, 6.07) is 4.00. The Balaban J connectivity index is 2.22. The van der Waals surface area contributed by atoms with Crippen LogP contribution >= 0.6 is 11.8 Å². The average molecular weight is 324 g/mol. The summed E-state index contributed by atoms with van der Waals surface area (Å²) < 4.78 is 0. The Morgan fingerprint density at radius 2 is 2.00 bits per heavy atom. The van der Waals surface area contributed by atoms with Crippen molar-refractivity contribution < 1.29 is 19.6 Å². The number of amides is 1. The number of nitrogens with one attached hydrogen (secondary N) is 1. The van der Waals surface area contributed by atoms with Gasteiger partial charge in [0.15, 0.2) is 0 Å². The van der Waals surface area contributed by atoms with Crippen LogP contribution in [-0.4, -0.2) is 39.0 Å². The minimum atomic E-state index is -1.25. The number of aryl methyl sites for hydroxylation is 1. The van der Waals surface area contributed by atoms with Crippen molar-refractivity contribution >= 4 is 29.3 Å². The summed E-state index contributed by atoms with van der Waals surface area (Å²) in [6.45, 7) is 1.54. The van der Waals surface area contributed by atoms with Crippen LogP contribution in [-0.2, 0) is 4.79 Å². The van der Waals surface area contributed by atoms with Crippen LogP contribution in [0.25, 0.3) is 0 Å². The molecular formula is C14H16N2O5S. The van der Waals surface area contributed by atoms with E-state index in [9.17, 15) is 24.8 Å². The molecule has 1 aliphatic heterocycles. The van der Waals surface area contributed by atoms with E-state index in [1.54, 1.807) is 18.7 Å². The summed E-state index contributed by atoms with van der Waals surface area (Å²) in [5.41, 5.74) is -0.736. The molecule has 1 saturated heterocycles. The van der Waals surface area contributed by atoms with Gasteiger partial charge >= 0.3 is 5.97 Å². The fourth-order valence-electron chi connectivity index (χ4n) is 2.40. The van der Waals surface area contributed by atoms with Crippen LogP contribution in [0, 0.1) is 17.0 Å². The largest absolute Gasteiger partial charge is 0.480 e. The molecule has 0 unspecified atom stereocenters. The molecule has 1 aliphatic rings. The van der Waals surface area contributed by atoms with E-state index >= 15 is 0 Å². The van der Waals surface area contributed by atoms with Crippen LogP contribution in [0.5, 0.6) is 0 Å². The zero-order valence-corrected chi connectivity index (χ0v) is 12.8. The van der Waals surface area contributed by atoms with Crippen LogP contribution in [0.2, 0.25) is 0 Å². The molecule has 0 spiro atoms. The highest BCUT2D eigenvalue weighted by molar-refractivity contribution is 7.99. The van der Waals surface area contributed by atoms with Gasteiger partial charge in [-0.05, 0) is 43.4 Å². The van der Waals surface area contributed by atoms with Crippen LogP contribution in [0.1, 0.15) is 28.8 Å². The summed E-state index contributed by atoms with van der Waals surface area (Å²) in [5.74, 6) is -0.218. The number of aliphatic carboxylic acids is 1. The minimum absolute atomic E-state index is 0.0708. The molecule has 8 heteroatoms. The van der Waals surface area contributed by atoms with E-state index in [4.69, 9.17) is 0 Å². The fraction of sp³-hybridized carbons (Fsp3) is 0.429. The molecule has 1 heterocycles. The van der Waals surface area contributed by atoms with Crippen molar-refractivity contribution in [3.05, 3.63) is 39.4 Å². The number of nitro groups is 1. The van der Waals surface area contributed by atoms with E-state index in [-0.39, 0.29) is 11.3 Å². The SMILES string of the molecule is Cc1cc(C(=O)NC2(C(=O)O)CCSCC2)ccc1[N+](=O)[O-]. The molecule has 2 N–H and O–H groups in total. The molecule has 2 rings (SSSR count). The topological polar surface area (TPSA) is 110 Å². The quantitative estimate of drug-likeness (QED) is 0.647. The van der Waals surface area contributed by atoms with E-state index in [1.165, 1.54) is 18.2 Å². The van der Waals surface area contributed by atoms with Crippen molar-refractivity contribution in [1.29, 1.82) is 0 Å². The second-order valence-corrected chi connectivity index (χ2v) is 6.44. The highest BCUT2D eigenvalue weighted by atomic mass is 32.2. The Labute approximate surface area is 131 Å². The van der Waals surface area contributed by atoms with Gasteiger partial charge in [0.25, 0.3) is 11.6 Å². The number of carboxylic acids is 1. The lowest BCUT2D eigenvalue weighted by atomic mass is 9.91. The minimum Gasteiger partial charge on any atom is -0.480 e. The number of carboxylic acid groups (broad SMARTS) is 1. The lowest BCUT2D eigenvalue weighted by Gasteiger charge is -2.33. The third kappa shape index (κ3) is 3.22. The molecule has 118 valence electrons. The molecule has 0 bridgehead atoms. The maximum Gasteiger partial charge on any atom is 0.329 e. The third-order valence-electron chi connectivity index (χ3n) is 3.76. The third-order valence-corrected chi connectivity index (χ3v) is 4.75. The predicted molar refractivity (Wildman–Crippen MR) is 82.2 cm³/mol. The van der Waals surface area contributed by atoms with Crippen molar-refractivity contribution in [3.63, 3.8) is 0 Å². The van der Waals surface area contributed by atoms with Gasteiger partial charge in [0.1, 0.15) is 5.54 Å². The molecule has 1 amide bonds. The molecule has 7 nitrogen and oxygen atoms in total. The number of rotatable bonds is 4. The van der Waals surface area contributed by atoms with Crippen molar-refractivity contribution in [2.24, 2.45) is 0 Å². The van der Waals surface area contributed by atoms with Gasteiger partial charge in [-0.2, -0.15) is 11.8 Å². The Hall–Kier alpha value is -2.09. The lowest BCUT2D eigenvalue weighted by Crippen LogP contribution is -2.56. The molecule has 0 aromatic heterocycles. The number of nitrogens with zero attached hydrogens (tertiary/aromatic N) is 1. The normalized spacial score (nSPS) is 16.8. The summed E-state index contributed by atoms with van der Waals surface area (Å²) in [6.07, 6.45) is 0.732. The van der Waals surface area contributed by atoms with Crippen LogP contribution in [0.15, 0.2) is 18.2 Å². The van der Waals surface area contributed by atoms with Crippen LogP contribution in [0.4, 0.5) is 5.69 Å². The van der Waals surface area contributed by atoms with Crippen molar-refractivity contribution in [2.75, 3.05) is 11.5 Å². The number of nitro benzene ring substituents is 1. The highest BCUT2D eigenvalue weighted by Gasteiger charge is 2.41. The Morgan fingerprint density at radius 1 is 1.36 bits per heavy atom. The first-order valence-electron chi connectivity index (χ1n) is 6.74. The van der Waals surface area contributed by atoms with E-state index in [0.29, 0.717) is 29.9 Å². The lowest BCUT2D eigenvalue weighted by molar-refractivity contribution is -0.385. The van der Waals surface area contributed by atoms with E-state index < -0.39 is 22.3 Å². The molecule has 0 radical (unpaired) electrons. The molecule has 1 aromatic carbocycles. The number of carbonyl (C=O) groups excluding carboxylic acids is 1. The van der Waals surface area contributed by atoms with Gasteiger partial charge in [-0.25, -0.2) is 4.79 Å². The zero-order chi connectivity index (χ0) is 16.3. The molecule has 22 heavy (non-hydrogen) atoms. The maximum atomic E-state index is 12.3. The number of benzene rings is 1. The summed E-state index contributed by atoms with van der Waals surface area (Å²) in [5, 5.41) is 22.8. The number of thioether (sulfide) groups is 1. The Kier molecular flexibility index (Phi) is 4.70. The Bertz CT molecular complexity index is 626. The second-order valence-electron chi connectivity index (χ2n) is 5.21. The molecular weight excluding hydrogens is 308 g/mol. The van der Waals surface area contributed by atoms with Gasteiger partial charge in [-0.1, -0.05) is 0 Å². The molecule has 0 aliphatic carbocycles. The zero-order valence-electron chi connectivity index (χ0n) is 12.0. The highest BCUT2D eigenvalue weighted by Crippen LogP contribution is 2.28. The molecule has 1 aromatic rings. The van der Waals surface area contributed by atoms with E-state index in [1.807, 2.05) is 0 Å². The van der Waals surface area contributed by atoms with Gasteiger partial charge in [-0.15, -0.1) is 0 Å². The standard InChI is InChI=1S/C14H16N2O5S/c1-9-8-10(2-3-11(9)16(20)21)12(17)15-14(13(18)19)4-6-22-7-5-14/h2-3,8H,4-7H2,1H3,(H,15,17)(H,18,19). The first kappa shape index (κ1) is 16.3. The molecule has 1 fully saturated rings. The van der Waals surface area contributed by atoms with Gasteiger partial charge < -0.3 is 10.4 Å². The number of carbonyl (C=O) groups is 2. The maximum absolute atomic E-state index is 12.3. The first-order valence-corrected chi connectivity index (χ1v) is 7.90. The van der Waals surface area contributed by atoms with Crippen molar-refractivity contribution in [1.82, 2.24) is 5.32 Å². The van der Waals surface area contributed by atoms with Crippen molar-refractivity contribution in [2.45, 2.75) is 25.3 Å². The monoisotopic (exact) mass is 324 g/mol. The van der Waals surface area contributed by atoms with Gasteiger partial charge in [0, 0.05) is 17.2 Å². The summed E-state index contributed by atoms with van der Waals surface area (Å²) >= 11 is 1.66.